The number of phenols is 1. The number of fused-ring (bicyclic) bond motifs is 1. The first kappa shape index (κ1) is 12.9. The molecule has 6 nitrogen and oxygen atoms in total. The predicted octanol–water partition coefficient (Wildman–Crippen LogP) is 1.86. The minimum Gasteiger partial charge on any atom is -0.507 e. The number of phenolic OH excluding ortho intramolecular Hbond substituents is 1. The van der Waals surface area contributed by atoms with E-state index >= 15 is 0 Å². The topological polar surface area (TPSA) is 98.6 Å². The van der Waals surface area contributed by atoms with Crippen molar-refractivity contribution >= 4 is 16.7 Å². The Balaban J connectivity index is 2.25. The Kier molecular flexibility index (Phi) is 3.12. The van der Waals surface area contributed by atoms with Crippen LogP contribution in [0.15, 0.2) is 58.5 Å². The number of nitrogens with one attached hydrogen (secondary N) is 1. The second-order valence-corrected chi connectivity index (χ2v) is 4.40. The van der Waals surface area contributed by atoms with Gasteiger partial charge in [-0.3, -0.25) is 4.79 Å². The van der Waals surface area contributed by atoms with Crippen LogP contribution in [0.1, 0.15) is 11.3 Å². The Morgan fingerprint density at radius 1 is 1.10 bits per heavy atom. The van der Waals surface area contributed by atoms with E-state index in [4.69, 9.17) is 0 Å². The quantitative estimate of drug-likeness (QED) is 0.379. The Labute approximate surface area is 119 Å². The van der Waals surface area contributed by atoms with Crippen molar-refractivity contribution in [3.05, 3.63) is 70.1 Å². The molecule has 1 aromatic heterocycles. The summed E-state index contributed by atoms with van der Waals surface area (Å²) in [7, 11) is 0. The highest BCUT2D eigenvalue weighted by Gasteiger charge is 2.17. The first-order valence-electron chi connectivity index (χ1n) is 6.20. The molecule has 0 unspecified atom stereocenters. The average molecular weight is 281 g/mol. The lowest BCUT2D eigenvalue weighted by Crippen LogP contribution is -2.21. The third kappa shape index (κ3) is 2.23. The molecule has 0 aliphatic rings. The number of rotatable bonds is 2. The summed E-state index contributed by atoms with van der Waals surface area (Å²) in [5, 5.41) is 22.2. The van der Waals surface area contributed by atoms with Crippen LogP contribution >= 0.6 is 0 Å². The molecule has 0 atom stereocenters. The lowest BCUT2D eigenvalue weighted by molar-refractivity contribution is 0.319. The molecule has 104 valence electrons. The second kappa shape index (κ2) is 5.09. The fraction of sp³-hybridized carbons (Fsp3) is 0. The first-order valence-corrected chi connectivity index (χ1v) is 6.20. The van der Waals surface area contributed by atoms with Gasteiger partial charge in [-0.1, -0.05) is 29.4 Å². The molecule has 3 aromatic rings. The molecule has 0 aliphatic heterocycles. The van der Waals surface area contributed by atoms with Gasteiger partial charge in [-0.15, -0.1) is 0 Å². The highest BCUT2D eigenvalue weighted by molar-refractivity contribution is 6.13. The number of aromatic hydroxyl groups is 1. The largest absolute Gasteiger partial charge is 0.507 e. The summed E-state index contributed by atoms with van der Waals surface area (Å²) < 4.78 is 0. The number of benzene rings is 2. The van der Waals surface area contributed by atoms with Crippen molar-refractivity contribution in [2.75, 3.05) is 0 Å². The van der Waals surface area contributed by atoms with Gasteiger partial charge in [0.25, 0.3) is 5.56 Å². The van der Waals surface area contributed by atoms with Crippen LogP contribution in [-0.4, -0.2) is 26.0 Å². The lowest BCUT2D eigenvalue weighted by atomic mass is 10.1. The zero-order chi connectivity index (χ0) is 14.8. The monoisotopic (exact) mass is 281 g/mol. The lowest BCUT2D eigenvalue weighted by Gasteiger charge is -2.06. The maximum atomic E-state index is 12.1. The summed E-state index contributed by atoms with van der Waals surface area (Å²) in [5.41, 5.74) is 0.736. The molecule has 3 N–H and O–H groups in total. The number of nitrogens with zero attached hydrogens (tertiary/aromatic N) is 2. The molecule has 0 radical (unpaired) electrons. The van der Waals surface area contributed by atoms with Crippen LogP contribution in [0.2, 0.25) is 0 Å². The van der Waals surface area contributed by atoms with Gasteiger partial charge in [0.2, 0.25) is 0 Å². The standard InChI is InChI=1S/C15H11N3O3/c19-12-8-4-1-5-9(12)13(18-21)14-15(20)17-11-7-3-2-6-10(11)16-14/h1-8,19,21H,(H,17,20)/b18-13+. The molecule has 0 aliphatic carbocycles. The van der Waals surface area contributed by atoms with Crippen LogP contribution in [-0.2, 0) is 0 Å². The maximum Gasteiger partial charge on any atom is 0.276 e. The van der Waals surface area contributed by atoms with Crippen LogP contribution in [0.3, 0.4) is 0 Å². The fourth-order valence-electron chi connectivity index (χ4n) is 2.09. The van der Waals surface area contributed by atoms with E-state index < -0.39 is 5.56 Å². The molecule has 2 aromatic carbocycles. The van der Waals surface area contributed by atoms with E-state index in [1.807, 2.05) is 0 Å². The zero-order valence-electron chi connectivity index (χ0n) is 10.8. The number of para-hydroxylation sites is 3. The summed E-state index contributed by atoms with van der Waals surface area (Å²) in [4.78, 5) is 19.0. The van der Waals surface area contributed by atoms with Crippen molar-refractivity contribution in [2.45, 2.75) is 0 Å². The number of aromatic amines is 1. The summed E-state index contributed by atoms with van der Waals surface area (Å²) >= 11 is 0. The van der Waals surface area contributed by atoms with Gasteiger partial charge >= 0.3 is 0 Å². The van der Waals surface area contributed by atoms with Gasteiger partial charge in [0.05, 0.1) is 11.0 Å². The molecule has 1 heterocycles. The number of hydrogen-bond acceptors (Lipinski definition) is 5. The summed E-state index contributed by atoms with van der Waals surface area (Å²) in [6, 6.07) is 13.3. The third-order valence-corrected chi connectivity index (χ3v) is 3.08. The molecule has 0 amide bonds. The Morgan fingerprint density at radius 3 is 2.57 bits per heavy atom. The molecule has 21 heavy (non-hydrogen) atoms. The van der Waals surface area contributed by atoms with Gasteiger partial charge < -0.3 is 15.3 Å². The number of oxime groups is 1. The van der Waals surface area contributed by atoms with E-state index in [2.05, 4.69) is 15.1 Å². The van der Waals surface area contributed by atoms with Crippen molar-refractivity contribution in [1.29, 1.82) is 0 Å². The summed E-state index contributed by atoms with van der Waals surface area (Å²) in [6.07, 6.45) is 0. The van der Waals surface area contributed by atoms with Crippen molar-refractivity contribution in [3.63, 3.8) is 0 Å². The van der Waals surface area contributed by atoms with Crippen molar-refractivity contribution in [2.24, 2.45) is 5.16 Å². The number of H-pyrrole nitrogens is 1. The zero-order valence-corrected chi connectivity index (χ0v) is 10.8. The van der Waals surface area contributed by atoms with E-state index in [1.54, 1.807) is 42.5 Å². The van der Waals surface area contributed by atoms with E-state index in [9.17, 15) is 15.1 Å². The maximum absolute atomic E-state index is 12.1. The van der Waals surface area contributed by atoms with Crippen LogP contribution < -0.4 is 5.56 Å². The third-order valence-electron chi connectivity index (χ3n) is 3.08. The van der Waals surface area contributed by atoms with Crippen LogP contribution in [0.4, 0.5) is 0 Å². The average Bonchev–Trinajstić information content (AvgIpc) is 2.50. The highest BCUT2D eigenvalue weighted by Crippen LogP contribution is 2.19. The highest BCUT2D eigenvalue weighted by atomic mass is 16.4. The molecule has 0 bridgehead atoms. The van der Waals surface area contributed by atoms with Gasteiger partial charge in [0, 0.05) is 5.56 Å². The minimum atomic E-state index is -0.496. The van der Waals surface area contributed by atoms with E-state index in [1.165, 1.54) is 6.07 Å². The van der Waals surface area contributed by atoms with Crippen LogP contribution in [0, 0.1) is 0 Å². The van der Waals surface area contributed by atoms with E-state index in [0.29, 0.717) is 11.0 Å². The van der Waals surface area contributed by atoms with Gasteiger partial charge in [-0.05, 0) is 24.3 Å². The first-order chi connectivity index (χ1) is 10.2. The van der Waals surface area contributed by atoms with Gasteiger partial charge in [0.15, 0.2) is 5.69 Å². The molecule has 3 rings (SSSR count). The van der Waals surface area contributed by atoms with Crippen molar-refractivity contribution in [1.82, 2.24) is 9.97 Å². The Hall–Kier alpha value is -3.15. The molecule has 0 saturated carbocycles. The molecule has 0 fully saturated rings. The molecule has 0 spiro atoms. The van der Waals surface area contributed by atoms with Crippen molar-refractivity contribution < 1.29 is 10.3 Å². The fourth-order valence-corrected chi connectivity index (χ4v) is 2.09. The molecule has 6 heteroatoms. The van der Waals surface area contributed by atoms with Gasteiger partial charge in [0.1, 0.15) is 11.5 Å². The minimum absolute atomic E-state index is 0.0577. The van der Waals surface area contributed by atoms with Crippen LogP contribution in [0.5, 0.6) is 5.75 Å². The Bertz CT molecular complexity index is 900. The predicted molar refractivity (Wildman–Crippen MR) is 77.9 cm³/mol. The van der Waals surface area contributed by atoms with E-state index in [-0.39, 0.29) is 22.7 Å². The number of hydrogen-bond donors (Lipinski definition) is 3. The number of aromatic nitrogens is 2. The molecule has 0 saturated heterocycles. The van der Waals surface area contributed by atoms with Gasteiger partial charge in [-0.25, -0.2) is 4.98 Å². The Morgan fingerprint density at radius 2 is 1.81 bits per heavy atom. The summed E-state index contributed by atoms with van der Waals surface area (Å²) in [6.45, 7) is 0. The van der Waals surface area contributed by atoms with Crippen molar-refractivity contribution in [3.8, 4) is 5.75 Å². The summed E-state index contributed by atoms with van der Waals surface area (Å²) in [5.74, 6) is -0.0975. The molecular formula is C15H11N3O3. The smallest absolute Gasteiger partial charge is 0.276 e. The normalized spacial score (nSPS) is 11.7. The van der Waals surface area contributed by atoms with Crippen LogP contribution in [0.25, 0.3) is 11.0 Å². The van der Waals surface area contributed by atoms with Gasteiger partial charge in [-0.2, -0.15) is 0 Å². The van der Waals surface area contributed by atoms with E-state index in [0.717, 1.165) is 0 Å². The second-order valence-electron chi connectivity index (χ2n) is 4.40. The molecular weight excluding hydrogens is 270 g/mol. The SMILES string of the molecule is O=c1[nH]c2ccccc2nc1/C(=N/O)c1ccccc1O.